The van der Waals surface area contributed by atoms with Crippen LogP contribution in [0.5, 0.6) is 5.75 Å². The molecule has 1 heterocycles. The molecule has 0 amide bonds. The fourth-order valence-corrected chi connectivity index (χ4v) is 4.11. The molecular weight excluding hydrogens is 495 g/mol. The molecule has 1 aromatic heterocycles. The number of hydrogen-bond donors (Lipinski definition) is 1. The molecule has 4 rings (SSSR count). The summed E-state index contributed by atoms with van der Waals surface area (Å²) in [6.07, 6.45) is -4.01. The third-order valence-electron chi connectivity index (χ3n) is 5.66. The number of esters is 1. The first-order valence-corrected chi connectivity index (χ1v) is 11.5. The third-order valence-corrected chi connectivity index (χ3v) is 5.90. The average Bonchev–Trinajstić information content (AvgIpc) is 3.19. The second-order valence-corrected chi connectivity index (χ2v) is 8.57. The summed E-state index contributed by atoms with van der Waals surface area (Å²) in [7, 11) is 1.35. The molecule has 0 radical (unpaired) electrons. The quantitative estimate of drug-likeness (QED) is 0.254. The van der Waals surface area contributed by atoms with Crippen LogP contribution in [0.2, 0.25) is 5.02 Å². The summed E-state index contributed by atoms with van der Waals surface area (Å²) in [6, 6.07) is 18.5. The number of hydrogen-bond acceptors (Lipinski definition) is 5. The monoisotopic (exact) mass is 517 g/mol. The predicted molar refractivity (Wildman–Crippen MR) is 132 cm³/mol. The standard InChI is InChI=1S/C26H23ClF3N3O3/c1-16(18-4-3-5-19(27)15-18)33-23-12-6-17(7-13-24(34)35-2)14-22(23)32-25(33)31-20-8-10-21(11-9-20)36-26(28,29)30/h3-6,8-12,14-16H,7,13H2,1-2H3,(H,31,32)/t16-/m1/s1. The first-order chi connectivity index (χ1) is 17.1. The van der Waals surface area contributed by atoms with Crippen LogP contribution in [0.15, 0.2) is 66.7 Å². The lowest BCUT2D eigenvalue weighted by molar-refractivity contribution is -0.274. The van der Waals surface area contributed by atoms with Crippen molar-refractivity contribution in [3.05, 3.63) is 82.9 Å². The highest BCUT2D eigenvalue weighted by atomic mass is 35.5. The van der Waals surface area contributed by atoms with E-state index < -0.39 is 6.36 Å². The van der Waals surface area contributed by atoms with Crippen molar-refractivity contribution in [3.63, 3.8) is 0 Å². The summed E-state index contributed by atoms with van der Waals surface area (Å²) in [5, 5.41) is 3.80. The van der Waals surface area contributed by atoms with E-state index in [4.69, 9.17) is 21.3 Å². The number of aromatic nitrogens is 2. The number of benzene rings is 3. The number of methoxy groups -OCH3 is 1. The molecule has 188 valence electrons. The van der Waals surface area contributed by atoms with Crippen LogP contribution in [-0.4, -0.2) is 29.0 Å². The number of halogens is 4. The summed E-state index contributed by atoms with van der Waals surface area (Å²) in [5.41, 5.74) is 3.95. The summed E-state index contributed by atoms with van der Waals surface area (Å²) >= 11 is 6.22. The van der Waals surface area contributed by atoms with Gasteiger partial charge in [-0.15, -0.1) is 13.2 Å². The van der Waals surface area contributed by atoms with Crippen molar-refractivity contribution in [2.45, 2.75) is 32.2 Å². The van der Waals surface area contributed by atoms with Gasteiger partial charge in [0.1, 0.15) is 5.75 Å². The van der Waals surface area contributed by atoms with Crippen molar-refractivity contribution >= 4 is 40.2 Å². The number of imidazole rings is 1. The number of aryl methyl sites for hydroxylation is 1. The van der Waals surface area contributed by atoms with E-state index in [1.54, 1.807) is 6.07 Å². The molecule has 0 aliphatic heterocycles. The Labute approximate surface area is 210 Å². The first-order valence-electron chi connectivity index (χ1n) is 11.1. The van der Waals surface area contributed by atoms with Gasteiger partial charge in [-0.05, 0) is 73.0 Å². The topological polar surface area (TPSA) is 65.4 Å². The average molecular weight is 518 g/mol. The minimum atomic E-state index is -4.76. The number of anilines is 2. The number of carbonyl (C=O) groups is 1. The molecule has 1 atom stereocenters. The maximum absolute atomic E-state index is 12.5. The largest absolute Gasteiger partial charge is 0.573 e. The zero-order chi connectivity index (χ0) is 25.9. The van der Waals surface area contributed by atoms with Gasteiger partial charge in [0.25, 0.3) is 0 Å². The number of ether oxygens (including phenoxy) is 2. The molecule has 0 aliphatic rings. The van der Waals surface area contributed by atoms with Gasteiger partial charge >= 0.3 is 12.3 Å². The number of alkyl halides is 3. The molecule has 0 unspecified atom stereocenters. The summed E-state index contributed by atoms with van der Waals surface area (Å²) in [6.45, 7) is 2.00. The van der Waals surface area contributed by atoms with Gasteiger partial charge in [0.15, 0.2) is 0 Å². The third kappa shape index (κ3) is 6.09. The highest BCUT2D eigenvalue weighted by Gasteiger charge is 2.31. The van der Waals surface area contributed by atoms with E-state index in [9.17, 15) is 18.0 Å². The van der Waals surface area contributed by atoms with Crippen LogP contribution >= 0.6 is 11.6 Å². The molecule has 0 saturated carbocycles. The smallest absolute Gasteiger partial charge is 0.469 e. The molecule has 4 aromatic rings. The fourth-order valence-electron chi connectivity index (χ4n) is 3.91. The molecular formula is C26H23ClF3N3O3. The first kappa shape index (κ1) is 25.4. The van der Waals surface area contributed by atoms with Crippen molar-refractivity contribution in [1.82, 2.24) is 9.55 Å². The van der Waals surface area contributed by atoms with Gasteiger partial charge in [-0.25, -0.2) is 4.98 Å². The van der Waals surface area contributed by atoms with Crippen LogP contribution in [0.25, 0.3) is 11.0 Å². The lowest BCUT2D eigenvalue weighted by Gasteiger charge is -2.19. The number of nitrogens with one attached hydrogen (secondary N) is 1. The summed E-state index contributed by atoms with van der Waals surface area (Å²) in [5.74, 6) is -0.119. The van der Waals surface area contributed by atoms with Crippen LogP contribution in [0, 0.1) is 0 Å². The van der Waals surface area contributed by atoms with Gasteiger partial charge in [-0.3, -0.25) is 4.79 Å². The maximum Gasteiger partial charge on any atom is 0.573 e. The van der Waals surface area contributed by atoms with Gasteiger partial charge in [-0.2, -0.15) is 0 Å². The minimum absolute atomic E-state index is 0.176. The van der Waals surface area contributed by atoms with E-state index in [0.29, 0.717) is 28.6 Å². The minimum Gasteiger partial charge on any atom is -0.469 e. The maximum atomic E-state index is 12.5. The Kier molecular flexibility index (Phi) is 7.40. The number of fused-ring (bicyclic) bond motifs is 1. The number of carbonyl (C=O) groups excluding carboxylic acids is 1. The summed E-state index contributed by atoms with van der Waals surface area (Å²) < 4.78 is 48.2. The lowest BCUT2D eigenvalue weighted by atomic mass is 10.1. The Morgan fingerprint density at radius 2 is 1.86 bits per heavy atom. The van der Waals surface area contributed by atoms with E-state index in [1.807, 2.05) is 47.9 Å². The SMILES string of the molecule is COC(=O)CCc1ccc2c(c1)nc(Nc1ccc(OC(F)(F)F)cc1)n2[C@H](C)c1cccc(Cl)c1. The highest BCUT2D eigenvalue weighted by molar-refractivity contribution is 6.30. The molecule has 3 aromatic carbocycles. The molecule has 6 nitrogen and oxygen atoms in total. The highest BCUT2D eigenvalue weighted by Crippen LogP contribution is 2.32. The normalized spacial score (nSPS) is 12.4. The van der Waals surface area contributed by atoms with Gasteiger partial charge in [0.05, 0.1) is 24.2 Å². The van der Waals surface area contributed by atoms with Gasteiger partial charge in [-0.1, -0.05) is 29.8 Å². The Morgan fingerprint density at radius 3 is 2.53 bits per heavy atom. The lowest BCUT2D eigenvalue weighted by Crippen LogP contribution is -2.17. The molecule has 0 aliphatic carbocycles. The summed E-state index contributed by atoms with van der Waals surface area (Å²) in [4.78, 5) is 16.3. The second kappa shape index (κ2) is 10.5. The molecule has 36 heavy (non-hydrogen) atoms. The van der Waals surface area contributed by atoms with E-state index in [2.05, 4.69) is 10.1 Å². The van der Waals surface area contributed by atoms with Gasteiger partial charge < -0.3 is 19.4 Å². The van der Waals surface area contributed by atoms with Crippen LogP contribution in [0.3, 0.4) is 0 Å². The Balaban J connectivity index is 1.71. The predicted octanol–water partition coefficient (Wildman–Crippen LogP) is 7.05. The molecule has 0 spiro atoms. The Morgan fingerprint density at radius 1 is 1.11 bits per heavy atom. The van der Waals surface area contributed by atoms with Crippen molar-refractivity contribution in [2.24, 2.45) is 0 Å². The van der Waals surface area contributed by atoms with Crippen LogP contribution in [0.4, 0.5) is 24.8 Å². The van der Waals surface area contributed by atoms with Gasteiger partial charge in [0.2, 0.25) is 5.95 Å². The van der Waals surface area contributed by atoms with Crippen molar-refractivity contribution in [3.8, 4) is 5.75 Å². The van der Waals surface area contributed by atoms with E-state index in [-0.39, 0.29) is 24.2 Å². The number of nitrogens with zero attached hydrogens (tertiary/aromatic N) is 2. The molecule has 10 heteroatoms. The molecule has 0 saturated heterocycles. The van der Waals surface area contributed by atoms with Crippen LogP contribution in [-0.2, 0) is 16.0 Å². The second-order valence-electron chi connectivity index (χ2n) is 8.13. The Hall–Kier alpha value is -3.72. The van der Waals surface area contributed by atoms with Crippen molar-refractivity contribution in [2.75, 3.05) is 12.4 Å². The molecule has 1 N–H and O–H groups in total. The Bertz CT molecular complexity index is 1370. The van der Waals surface area contributed by atoms with E-state index in [1.165, 1.54) is 31.4 Å². The van der Waals surface area contributed by atoms with Crippen LogP contribution < -0.4 is 10.1 Å². The zero-order valence-corrected chi connectivity index (χ0v) is 20.2. The fraction of sp³-hybridized carbons (Fsp3) is 0.231. The van der Waals surface area contributed by atoms with E-state index in [0.717, 1.165) is 16.6 Å². The van der Waals surface area contributed by atoms with E-state index >= 15 is 0 Å². The molecule has 0 fully saturated rings. The van der Waals surface area contributed by atoms with Crippen LogP contribution in [0.1, 0.15) is 30.5 Å². The van der Waals surface area contributed by atoms with Crippen molar-refractivity contribution in [1.29, 1.82) is 0 Å². The zero-order valence-electron chi connectivity index (χ0n) is 19.5. The van der Waals surface area contributed by atoms with Crippen molar-refractivity contribution < 1.29 is 27.4 Å². The number of rotatable bonds is 8. The molecule has 0 bridgehead atoms. The van der Waals surface area contributed by atoms with Gasteiger partial charge in [0, 0.05) is 17.1 Å².